The fourth-order valence-electron chi connectivity index (χ4n) is 3.53. The van der Waals surface area contributed by atoms with Gasteiger partial charge in [-0.3, -0.25) is 14.7 Å². The molecule has 31 heavy (non-hydrogen) atoms. The van der Waals surface area contributed by atoms with Crippen molar-refractivity contribution in [2.24, 2.45) is 0 Å². The summed E-state index contributed by atoms with van der Waals surface area (Å²) in [6, 6.07) is 17.7. The normalized spacial score (nSPS) is 10.9. The van der Waals surface area contributed by atoms with Gasteiger partial charge in [0.25, 0.3) is 0 Å². The van der Waals surface area contributed by atoms with Crippen LogP contribution in [0.15, 0.2) is 60.8 Å². The number of carbonyl (C=O) groups excluding carboxylic acids is 1. The van der Waals surface area contributed by atoms with Crippen LogP contribution in [0.4, 0.5) is 5.13 Å². The first kappa shape index (κ1) is 21.0. The van der Waals surface area contributed by atoms with Crippen LogP contribution in [0, 0.1) is 13.8 Å². The van der Waals surface area contributed by atoms with Crippen LogP contribution in [0.25, 0.3) is 10.2 Å². The van der Waals surface area contributed by atoms with Crippen molar-refractivity contribution in [3.8, 4) is 5.75 Å². The topological polar surface area (TPSA) is 55.3 Å². The van der Waals surface area contributed by atoms with Gasteiger partial charge in [0.15, 0.2) is 5.13 Å². The summed E-state index contributed by atoms with van der Waals surface area (Å²) in [6.07, 6.45) is 2.03. The molecule has 0 fully saturated rings. The molecule has 0 saturated heterocycles. The number of benzene rings is 2. The Balaban J connectivity index is 1.65. The second kappa shape index (κ2) is 9.27. The molecule has 0 saturated carbocycles. The molecule has 0 aliphatic heterocycles. The van der Waals surface area contributed by atoms with Gasteiger partial charge >= 0.3 is 0 Å². The Kier molecular flexibility index (Phi) is 6.28. The highest BCUT2D eigenvalue weighted by atomic mass is 32.1. The van der Waals surface area contributed by atoms with Crippen molar-refractivity contribution in [1.82, 2.24) is 9.97 Å². The van der Waals surface area contributed by atoms with E-state index in [2.05, 4.69) is 31.0 Å². The molecule has 2 heterocycles. The predicted molar refractivity (Wildman–Crippen MR) is 126 cm³/mol. The van der Waals surface area contributed by atoms with Gasteiger partial charge < -0.3 is 4.74 Å². The zero-order chi connectivity index (χ0) is 21.8. The maximum Gasteiger partial charge on any atom is 0.233 e. The number of ether oxygens (including phenoxy) is 1. The maximum absolute atomic E-state index is 13.4. The minimum atomic E-state index is -0.0109. The highest BCUT2D eigenvalue weighted by Gasteiger charge is 2.21. The molecule has 0 radical (unpaired) electrons. The molecule has 158 valence electrons. The zero-order valence-electron chi connectivity index (χ0n) is 18.0. The SMILES string of the molecule is CCOc1ccc(CC(=O)N(Cc2ccccn2)c2nc3c(C)cc(C)cc3s2)cc1. The van der Waals surface area contributed by atoms with E-state index in [0.717, 1.165) is 32.8 Å². The van der Waals surface area contributed by atoms with E-state index in [1.165, 1.54) is 5.56 Å². The molecule has 0 aliphatic rings. The fourth-order valence-corrected chi connectivity index (χ4v) is 4.69. The Bertz CT molecular complexity index is 1190. The third-order valence-corrected chi connectivity index (χ3v) is 6.01. The summed E-state index contributed by atoms with van der Waals surface area (Å²) in [5.41, 5.74) is 5.03. The summed E-state index contributed by atoms with van der Waals surface area (Å²) < 4.78 is 6.59. The van der Waals surface area contributed by atoms with E-state index in [4.69, 9.17) is 9.72 Å². The standard InChI is InChI=1S/C25H25N3O2S/c1-4-30-21-10-8-19(9-11-21)15-23(29)28(16-20-7-5-6-12-26-20)25-27-24-18(3)13-17(2)14-22(24)31-25/h5-14H,4,15-16H2,1-3H3. The van der Waals surface area contributed by atoms with Gasteiger partial charge in [-0.15, -0.1) is 0 Å². The summed E-state index contributed by atoms with van der Waals surface area (Å²) in [5.74, 6) is 0.796. The van der Waals surface area contributed by atoms with Gasteiger partial charge in [-0.2, -0.15) is 0 Å². The van der Waals surface area contributed by atoms with Gasteiger partial charge in [0.1, 0.15) is 5.75 Å². The average molecular weight is 432 g/mol. The van der Waals surface area contributed by atoms with E-state index in [-0.39, 0.29) is 12.3 Å². The third-order valence-electron chi connectivity index (χ3n) is 4.99. The second-order valence-corrected chi connectivity index (χ2v) is 8.49. The number of anilines is 1. The molecule has 0 bridgehead atoms. The van der Waals surface area contributed by atoms with Crippen molar-refractivity contribution in [2.45, 2.75) is 33.7 Å². The monoisotopic (exact) mass is 431 g/mol. The van der Waals surface area contributed by atoms with Crippen molar-refractivity contribution in [3.05, 3.63) is 83.2 Å². The summed E-state index contributed by atoms with van der Waals surface area (Å²) in [7, 11) is 0. The van der Waals surface area contributed by atoms with Crippen molar-refractivity contribution in [2.75, 3.05) is 11.5 Å². The summed E-state index contributed by atoms with van der Waals surface area (Å²) in [5, 5.41) is 0.699. The number of carbonyl (C=O) groups is 1. The molecule has 4 aromatic rings. The minimum absolute atomic E-state index is 0.0109. The van der Waals surface area contributed by atoms with Crippen LogP contribution < -0.4 is 9.64 Å². The quantitative estimate of drug-likeness (QED) is 0.389. The van der Waals surface area contributed by atoms with Gasteiger partial charge in [-0.1, -0.05) is 35.6 Å². The number of rotatable bonds is 7. The van der Waals surface area contributed by atoms with Gasteiger partial charge in [-0.25, -0.2) is 4.98 Å². The molecule has 2 aromatic carbocycles. The number of amides is 1. The number of thiazole rings is 1. The first-order valence-corrected chi connectivity index (χ1v) is 11.1. The lowest BCUT2D eigenvalue weighted by molar-refractivity contribution is -0.118. The number of aromatic nitrogens is 2. The van der Waals surface area contributed by atoms with Gasteiger partial charge in [0, 0.05) is 6.20 Å². The lowest BCUT2D eigenvalue weighted by Crippen LogP contribution is -2.32. The van der Waals surface area contributed by atoms with Crippen LogP contribution in [0.2, 0.25) is 0 Å². The van der Waals surface area contributed by atoms with Gasteiger partial charge in [-0.05, 0) is 67.8 Å². The Hall–Kier alpha value is -3.25. The van der Waals surface area contributed by atoms with E-state index >= 15 is 0 Å². The first-order valence-electron chi connectivity index (χ1n) is 10.3. The number of hydrogen-bond acceptors (Lipinski definition) is 5. The number of hydrogen-bond donors (Lipinski definition) is 0. The van der Waals surface area contributed by atoms with Crippen LogP contribution in [-0.2, 0) is 17.8 Å². The Morgan fingerprint density at radius 1 is 1.10 bits per heavy atom. The summed E-state index contributed by atoms with van der Waals surface area (Å²) >= 11 is 1.55. The van der Waals surface area contributed by atoms with E-state index in [0.29, 0.717) is 18.3 Å². The Morgan fingerprint density at radius 3 is 2.61 bits per heavy atom. The van der Waals surface area contributed by atoms with Gasteiger partial charge in [0.05, 0.1) is 35.5 Å². The molecular formula is C25H25N3O2S. The second-order valence-electron chi connectivity index (χ2n) is 7.48. The largest absolute Gasteiger partial charge is 0.494 e. The molecular weight excluding hydrogens is 406 g/mol. The Labute approximate surface area is 186 Å². The molecule has 0 spiro atoms. The zero-order valence-corrected chi connectivity index (χ0v) is 18.8. The minimum Gasteiger partial charge on any atom is -0.494 e. The first-order chi connectivity index (χ1) is 15.0. The third kappa shape index (κ3) is 4.91. The summed E-state index contributed by atoms with van der Waals surface area (Å²) in [6.45, 7) is 7.09. The average Bonchev–Trinajstić information content (AvgIpc) is 3.18. The molecule has 0 atom stereocenters. The highest BCUT2D eigenvalue weighted by Crippen LogP contribution is 2.32. The van der Waals surface area contributed by atoms with Crippen molar-refractivity contribution < 1.29 is 9.53 Å². The number of aryl methyl sites for hydroxylation is 2. The van der Waals surface area contributed by atoms with Crippen LogP contribution in [0.3, 0.4) is 0 Å². The smallest absolute Gasteiger partial charge is 0.233 e. The molecule has 0 N–H and O–H groups in total. The van der Waals surface area contributed by atoms with Crippen LogP contribution in [0.5, 0.6) is 5.75 Å². The predicted octanol–water partition coefficient (Wildman–Crippen LogP) is 5.48. The molecule has 5 nitrogen and oxygen atoms in total. The van der Waals surface area contributed by atoms with Crippen LogP contribution in [-0.4, -0.2) is 22.5 Å². The van der Waals surface area contributed by atoms with E-state index < -0.39 is 0 Å². The maximum atomic E-state index is 13.4. The lowest BCUT2D eigenvalue weighted by atomic mass is 10.1. The van der Waals surface area contributed by atoms with Crippen molar-refractivity contribution in [1.29, 1.82) is 0 Å². The van der Waals surface area contributed by atoms with Crippen LogP contribution in [0.1, 0.15) is 29.3 Å². The molecule has 0 aliphatic carbocycles. The van der Waals surface area contributed by atoms with Crippen molar-refractivity contribution >= 4 is 32.6 Å². The number of nitrogens with zero attached hydrogens (tertiary/aromatic N) is 3. The molecule has 6 heteroatoms. The molecule has 0 unspecified atom stereocenters. The van der Waals surface area contributed by atoms with E-state index in [1.54, 1.807) is 22.4 Å². The van der Waals surface area contributed by atoms with E-state index in [1.807, 2.05) is 49.4 Å². The molecule has 1 amide bonds. The molecule has 4 rings (SSSR count). The van der Waals surface area contributed by atoms with Gasteiger partial charge in [0.2, 0.25) is 5.91 Å². The van der Waals surface area contributed by atoms with Crippen LogP contribution >= 0.6 is 11.3 Å². The Morgan fingerprint density at radius 2 is 1.90 bits per heavy atom. The molecule has 2 aromatic heterocycles. The fraction of sp³-hybridized carbons (Fsp3) is 0.240. The van der Waals surface area contributed by atoms with Crippen molar-refractivity contribution in [3.63, 3.8) is 0 Å². The van der Waals surface area contributed by atoms with E-state index in [9.17, 15) is 4.79 Å². The number of fused-ring (bicyclic) bond motifs is 1. The highest BCUT2D eigenvalue weighted by molar-refractivity contribution is 7.22. The number of pyridine rings is 1. The lowest BCUT2D eigenvalue weighted by Gasteiger charge is -2.19. The summed E-state index contributed by atoms with van der Waals surface area (Å²) in [4.78, 5) is 24.4.